The van der Waals surface area contributed by atoms with Crippen LogP contribution in [0.2, 0.25) is 0 Å². The number of rotatable bonds is 5. The Hall–Kier alpha value is -4.10. The van der Waals surface area contributed by atoms with Crippen molar-refractivity contribution in [2.75, 3.05) is 4.90 Å². The van der Waals surface area contributed by atoms with Gasteiger partial charge in [-0.2, -0.15) is 0 Å². The molecule has 1 nitrogen and oxygen atoms in total. The van der Waals surface area contributed by atoms with Gasteiger partial charge in [0, 0.05) is 17.1 Å². The molecule has 0 radical (unpaired) electrons. The van der Waals surface area contributed by atoms with Crippen LogP contribution in [0.1, 0.15) is 16.7 Å². The normalized spacial score (nSPS) is 10.8. The van der Waals surface area contributed by atoms with Gasteiger partial charge in [-0.1, -0.05) is 96.1 Å². The second kappa shape index (κ2) is 9.41. The van der Waals surface area contributed by atoms with Crippen LogP contribution in [0.25, 0.3) is 22.3 Å². The fourth-order valence-corrected chi connectivity index (χ4v) is 4.47. The lowest BCUT2D eigenvalue weighted by Gasteiger charge is -2.26. The SMILES string of the molecule is Cc1cccc(-c2ccc(N(c3ccc(-c4cccc(C)c4)cc3)c3cccc(C)c3)cc2)c1. The van der Waals surface area contributed by atoms with E-state index in [0.29, 0.717) is 0 Å². The van der Waals surface area contributed by atoms with Gasteiger partial charge in [-0.3, -0.25) is 0 Å². The molecule has 34 heavy (non-hydrogen) atoms. The van der Waals surface area contributed by atoms with E-state index in [9.17, 15) is 0 Å². The average Bonchev–Trinajstić information content (AvgIpc) is 2.85. The number of hydrogen-bond acceptors (Lipinski definition) is 1. The minimum atomic E-state index is 1.14. The largest absolute Gasteiger partial charge is 0.310 e. The third-order valence-electron chi connectivity index (χ3n) is 6.21. The Labute approximate surface area is 203 Å². The molecule has 0 amide bonds. The van der Waals surface area contributed by atoms with Crippen molar-refractivity contribution in [2.45, 2.75) is 20.8 Å². The van der Waals surface area contributed by atoms with E-state index in [4.69, 9.17) is 0 Å². The lowest BCUT2D eigenvalue weighted by molar-refractivity contribution is 1.27. The zero-order chi connectivity index (χ0) is 23.5. The van der Waals surface area contributed by atoms with Gasteiger partial charge < -0.3 is 4.90 Å². The smallest absolute Gasteiger partial charge is 0.0464 e. The van der Waals surface area contributed by atoms with Gasteiger partial charge in [-0.25, -0.2) is 0 Å². The predicted octanol–water partition coefficient (Wildman–Crippen LogP) is 9.42. The topological polar surface area (TPSA) is 3.24 Å². The molecule has 0 N–H and O–H groups in total. The number of aryl methyl sites for hydroxylation is 3. The fraction of sp³-hybridized carbons (Fsp3) is 0.0909. The van der Waals surface area contributed by atoms with E-state index in [0.717, 1.165) is 17.1 Å². The molecule has 5 aromatic rings. The molecule has 0 aromatic heterocycles. The standard InChI is InChI=1S/C33H29N/c1-24-7-4-10-29(21-24)27-13-17-31(18-14-27)34(33-12-6-9-26(3)23-33)32-19-15-28(16-20-32)30-11-5-8-25(2)22-30/h4-23H,1-3H3. The van der Waals surface area contributed by atoms with Crippen molar-refractivity contribution in [3.63, 3.8) is 0 Å². The monoisotopic (exact) mass is 439 g/mol. The first-order chi connectivity index (χ1) is 16.6. The maximum absolute atomic E-state index is 2.33. The lowest BCUT2D eigenvalue weighted by atomic mass is 10.0. The van der Waals surface area contributed by atoms with E-state index in [1.807, 2.05) is 0 Å². The molecule has 0 aliphatic carbocycles. The number of benzene rings is 5. The maximum Gasteiger partial charge on any atom is 0.0464 e. The van der Waals surface area contributed by atoms with Crippen molar-refractivity contribution in [3.8, 4) is 22.3 Å². The van der Waals surface area contributed by atoms with Crippen LogP contribution in [0, 0.1) is 20.8 Å². The quantitative estimate of drug-likeness (QED) is 0.263. The molecule has 166 valence electrons. The Morgan fingerprint density at radius 1 is 0.353 bits per heavy atom. The van der Waals surface area contributed by atoms with Crippen LogP contribution in [-0.2, 0) is 0 Å². The molecule has 0 unspecified atom stereocenters. The zero-order valence-electron chi connectivity index (χ0n) is 20.0. The molecule has 0 aliphatic heterocycles. The number of nitrogens with zero attached hydrogens (tertiary/aromatic N) is 1. The Bertz CT molecular complexity index is 1320. The Morgan fingerprint density at radius 3 is 1.18 bits per heavy atom. The fourth-order valence-electron chi connectivity index (χ4n) is 4.47. The number of hydrogen-bond donors (Lipinski definition) is 0. The van der Waals surface area contributed by atoms with Gasteiger partial charge in [0.05, 0.1) is 0 Å². The second-order valence-electron chi connectivity index (χ2n) is 9.01. The van der Waals surface area contributed by atoms with Crippen molar-refractivity contribution in [2.24, 2.45) is 0 Å². The van der Waals surface area contributed by atoms with Crippen LogP contribution in [0.4, 0.5) is 17.1 Å². The van der Waals surface area contributed by atoms with E-state index >= 15 is 0 Å². The zero-order valence-corrected chi connectivity index (χ0v) is 20.0. The first-order valence-electron chi connectivity index (χ1n) is 11.8. The summed E-state index contributed by atoms with van der Waals surface area (Å²) in [7, 11) is 0. The highest BCUT2D eigenvalue weighted by molar-refractivity contribution is 5.80. The molecule has 0 fully saturated rings. The highest BCUT2D eigenvalue weighted by atomic mass is 15.1. The van der Waals surface area contributed by atoms with Crippen molar-refractivity contribution >= 4 is 17.1 Å². The van der Waals surface area contributed by atoms with Crippen LogP contribution in [0.15, 0.2) is 121 Å². The van der Waals surface area contributed by atoms with Crippen LogP contribution < -0.4 is 4.90 Å². The molecule has 0 saturated heterocycles. The first-order valence-corrected chi connectivity index (χ1v) is 11.8. The summed E-state index contributed by atoms with van der Waals surface area (Å²) >= 11 is 0. The highest BCUT2D eigenvalue weighted by Gasteiger charge is 2.13. The molecule has 5 rings (SSSR count). The van der Waals surface area contributed by atoms with Gasteiger partial charge in [0.1, 0.15) is 0 Å². The summed E-state index contributed by atoms with van der Waals surface area (Å²) in [6.07, 6.45) is 0. The van der Waals surface area contributed by atoms with Crippen molar-refractivity contribution in [3.05, 3.63) is 138 Å². The highest BCUT2D eigenvalue weighted by Crippen LogP contribution is 2.37. The average molecular weight is 440 g/mol. The molecule has 0 bridgehead atoms. The lowest BCUT2D eigenvalue weighted by Crippen LogP contribution is -2.10. The van der Waals surface area contributed by atoms with Crippen LogP contribution in [-0.4, -0.2) is 0 Å². The molecule has 0 heterocycles. The van der Waals surface area contributed by atoms with E-state index in [2.05, 4.69) is 147 Å². The first kappa shape index (κ1) is 21.7. The summed E-state index contributed by atoms with van der Waals surface area (Å²) in [5.74, 6) is 0. The summed E-state index contributed by atoms with van der Waals surface area (Å²) in [4.78, 5) is 2.33. The Balaban J connectivity index is 1.54. The van der Waals surface area contributed by atoms with E-state index in [1.54, 1.807) is 0 Å². The van der Waals surface area contributed by atoms with Gasteiger partial charge in [0.2, 0.25) is 0 Å². The van der Waals surface area contributed by atoms with Crippen LogP contribution in [0.5, 0.6) is 0 Å². The molecule has 0 spiro atoms. The molecule has 0 aliphatic rings. The molecular weight excluding hydrogens is 410 g/mol. The molecule has 0 atom stereocenters. The maximum atomic E-state index is 2.33. The van der Waals surface area contributed by atoms with E-state index in [-0.39, 0.29) is 0 Å². The second-order valence-corrected chi connectivity index (χ2v) is 9.01. The molecule has 1 heteroatoms. The summed E-state index contributed by atoms with van der Waals surface area (Å²) in [6.45, 7) is 6.42. The summed E-state index contributed by atoms with van der Waals surface area (Å²) < 4.78 is 0. The summed E-state index contributed by atoms with van der Waals surface area (Å²) in [5, 5.41) is 0. The molecule has 0 saturated carbocycles. The van der Waals surface area contributed by atoms with E-state index in [1.165, 1.54) is 38.9 Å². The van der Waals surface area contributed by atoms with Gasteiger partial charge in [-0.05, 0) is 85.0 Å². The van der Waals surface area contributed by atoms with Gasteiger partial charge >= 0.3 is 0 Å². The third kappa shape index (κ3) is 4.65. The minimum Gasteiger partial charge on any atom is -0.310 e. The van der Waals surface area contributed by atoms with Gasteiger partial charge in [-0.15, -0.1) is 0 Å². The van der Waals surface area contributed by atoms with Crippen molar-refractivity contribution in [1.82, 2.24) is 0 Å². The van der Waals surface area contributed by atoms with Crippen LogP contribution in [0.3, 0.4) is 0 Å². The number of anilines is 3. The van der Waals surface area contributed by atoms with Crippen molar-refractivity contribution < 1.29 is 0 Å². The summed E-state index contributed by atoms with van der Waals surface area (Å²) in [6, 6.07) is 43.7. The minimum absolute atomic E-state index is 1.14. The van der Waals surface area contributed by atoms with Crippen LogP contribution >= 0.6 is 0 Å². The van der Waals surface area contributed by atoms with E-state index < -0.39 is 0 Å². The molecule has 5 aromatic carbocycles. The van der Waals surface area contributed by atoms with Gasteiger partial charge in [0.15, 0.2) is 0 Å². The summed E-state index contributed by atoms with van der Waals surface area (Å²) in [5.41, 5.74) is 12.2. The van der Waals surface area contributed by atoms with Gasteiger partial charge in [0.25, 0.3) is 0 Å². The Morgan fingerprint density at radius 2 is 0.765 bits per heavy atom. The Kier molecular flexibility index (Phi) is 6.01. The third-order valence-corrected chi connectivity index (χ3v) is 6.21. The van der Waals surface area contributed by atoms with Crippen molar-refractivity contribution in [1.29, 1.82) is 0 Å². The predicted molar refractivity (Wildman–Crippen MR) is 146 cm³/mol. The molecular formula is C33H29N.